The largest absolute Gasteiger partial charge is 0.492 e. The van der Waals surface area contributed by atoms with Crippen LogP contribution >= 0.6 is 11.3 Å². The molecule has 8 nitrogen and oxygen atoms in total. The molecular weight excluding hydrogens is 404 g/mol. The number of aliphatic hydroxyl groups is 1. The third kappa shape index (κ3) is 4.28. The van der Waals surface area contributed by atoms with Gasteiger partial charge in [-0.25, -0.2) is 4.98 Å². The van der Waals surface area contributed by atoms with Crippen molar-refractivity contribution in [3.05, 3.63) is 33.6 Å². The number of nitriles is 1. The van der Waals surface area contributed by atoms with Crippen LogP contribution in [0.3, 0.4) is 0 Å². The predicted molar refractivity (Wildman–Crippen MR) is 111 cm³/mol. The first-order valence-electron chi connectivity index (χ1n) is 9.25. The molecule has 0 spiro atoms. The van der Waals surface area contributed by atoms with E-state index in [9.17, 15) is 14.7 Å². The summed E-state index contributed by atoms with van der Waals surface area (Å²) in [6.45, 7) is 2.54. The normalized spacial score (nSPS) is 15.2. The monoisotopic (exact) mass is 424 g/mol. The van der Waals surface area contributed by atoms with E-state index < -0.39 is 17.9 Å². The van der Waals surface area contributed by atoms with Gasteiger partial charge in [0.15, 0.2) is 11.1 Å². The lowest BCUT2D eigenvalue weighted by molar-refractivity contribution is -0.135. The van der Waals surface area contributed by atoms with Crippen molar-refractivity contribution in [3.8, 4) is 34.9 Å². The van der Waals surface area contributed by atoms with Gasteiger partial charge in [0.25, 0.3) is 11.8 Å². The molecule has 154 valence electrons. The van der Waals surface area contributed by atoms with Gasteiger partial charge in [-0.15, -0.1) is 11.3 Å². The minimum atomic E-state index is -1.43. The third-order valence-electron chi connectivity index (χ3n) is 4.69. The highest BCUT2D eigenvalue weighted by Gasteiger charge is 2.29. The second-order valence-corrected chi connectivity index (χ2v) is 7.73. The third-order valence-corrected chi connectivity index (χ3v) is 5.92. The molecule has 0 saturated heterocycles. The summed E-state index contributed by atoms with van der Waals surface area (Å²) in [5.41, 5.74) is 7.10. The van der Waals surface area contributed by atoms with E-state index in [1.165, 1.54) is 4.90 Å². The lowest BCUT2D eigenvalue weighted by atomic mass is 10.0. The molecule has 0 bridgehead atoms. The van der Waals surface area contributed by atoms with Crippen molar-refractivity contribution < 1.29 is 19.4 Å². The zero-order chi connectivity index (χ0) is 21.8. The van der Waals surface area contributed by atoms with E-state index in [2.05, 4.69) is 22.9 Å². The molecule has 3 N–H and O–H groups in total. The van der Waals surface area contributed by atoms with Gasteiger partial charge in [0, 0.05) is 41.9 Å². The fourth-order valence-electron chi connectivity index (χ4n) is 2.93. The highest BCUT2D eigenvalue weighted by Crippen LogP contribution is 2.42. The van der Waals surface area contributed by atoms with E-state index >= 15 is 0 Å². The van der Waals surface area contributed by atoms with Crippen molar-refractivity contribution in [2.24, 2.45) is 5.73 Å². The Kier molecular flexibility index (Phi) is 6.36. The van der Waals surface area contributed by atoms with Gasteiger partial charge in [0.05, 0.1) is 18.4 Å². The van der Waals surface area contributed by atoms with E-state index in [-0.39, 0.29) is 24.0 Å². The molecule has 2 amide bonds. The number of hydrogen-bond acceptors (Lipinski definition) is 7. The zero-order valence-electron chi connectivity index (χ0n) is 16.5. The van der Waals surface area contributed by atoms with E-state index in [4.69, 9.17) is 15.7 Å². The fourth-order valence-corrected chi connectivity index (χ4v) is 3.95. The number of aliphatic hydroxyl groups excluding tert-OH is 1. The number of carbonyl (C=O) groups excluding carboxylic acids is 2. The summed E-state index contributed by atoms with van der Waals surface area (Å²) >= 11 is 1.16. The number of thiazole rings is 1. The van der Waals surface area contributed by atoms with Crippen molar-refractivity contribution >= 4 is 23.2 Å². The average Bonchev–Trinajstić information content (AvgIpc) is 3.14. The first-order chi connectivity index (χ1) is 14.3. The number of primary amides is 1. The summed E-state index contributed by atoms with van der Waals surface area (Å²) in [5.74, 6) is 4.55. The molecule has 1 aliphatic rings. The number of nitrogens with two attached hydrogens (primary N) is 1. The Labute approximate surface area is 177 Å². The van der Waals surface area contributed by atoms with Crippen molar-refractivity contribution in [2.75, 3.05) is 20.2 Å². The minimum absolute atomic E-state index is 0.163. The molecule has 30 heavy (non-hydrogen) atoms. The number of carbonyl (C=O) groups is 2. The molecule has 1 aromatic carbocycles. The van der Waals surface area contributed by atoms with Crippen LogP contribution in [0.1, 0.15) is 39.5 Å². The van der Waals surface area contributed by atoms with Gasteiger partial charge in [0.1, 0.15) is 5.75 Å². The van der Waals surface area contributed by atoms with Crippen LogP contribution < -0.4 is 10.5 Å². The molecule has 2 aromatic rings. The predicted octanol–water partition coefficient (Wildman–Crippen LogP) is 1.49. The molecule has 0 fully saturated rings. The molecule has 0 radical (unpaired) electrons. The van der Waals surface area contributed by atoms with Crippen LogP contribution in [0.5, 0.6) is 5.75 Å². The van der Waals surface area contributed by atoms with Crippen LogP contribution in [-0.4, -0.2) is 53.1 Å². The van der Waals surface area contributed by atoms with Crippen LogP contribution in [0, 0.1) is 23.2 Å². The summed E-state index contributed by atoms with van der Waals surface area (Å²) in [7, 11) is 1.59. The summed E-state index contributed by atoms with van der Waals surface area (Å²) in [4.78, 5) is 30.2. The van der Waals surface area contributed by atoms with Crippen molar-refractivity contribution in [3.63, 3.8) is 0 Å². The summed E-state index contributed by atoms with van der Waals surface area (Å²) in [6.07, 6.45) is -1.21. The van der Waals surface area contributed by atoms with Gasteiger partial charge in [-0.2, -0.15) is 5.26 Å². The number of hydrogen-bond donors (Lipinski definition) is 2. The van der Waals surface area contributed by atoms with Crippen molar-refractivity contribution in [1.29, 1.82) is 5.26 Å². The maximum Gasteiger partial charge on any atom is 0.277 e. The number of nitrogens with zero attached hydrogens (tertiary/aromatic N) is 3. The lowest BCUT2D eigenvalue weighted by Crippen LogP contribution is -2.35. The van der Waals surface area contributed by atoms with Gasteiger partial charge in [-0.3, -0.25) is 9.59 Å². The van der Waals surface area contributed by atoms with Crippen molar-refractivity contribution in [2.45, 2.75) is 25.4 Å². The van der Waals surface area contributed by atoms with E-state index in [1.807, 2.05) is 0 Å². The molecule has 9 heteroatoms. The van der Waals surface area contributed by atoms with E-state index in [0.717, 1.165) is 16.2 Å². The Morgan fingerprint density at radius 3 is 2.93 bits per heavy atom. The molecule has 0 aliphatic carbocycles. The Hall–Kier alpha value is -3.40. The highest BCUT2D eigenvalue weighted by atomic mass is 32.1. The van der Waals surface area contributed by atoms with Crippen LogP contribution in [0.2, 0.25) is 0 Å². The molecule has 1 aromatic heterocycles. The topological polar surface area (TPSA) is 130 Å². The lowest BCUT2D eigenvalue weighted by Gasteiger charge is -2.15. The zero-order valence-corrected chi connectivity index (χ0v) is 17.3. The molecule has 2 unspecified atom stereocenters. The average molecular weight is 424 g/mol. The Morgan fingerprint density at radius 1 is 1.50 bits per heavy atom. The maximum absolute atomic E-state index is 12.0. The second kappa shape index (κ2) is 8.95. The SMILES string of the molecule is CCN(C)C(=O)C(O)C#Cc1ccc2c(c1)-c1nc(C(N)=O)sc1C(CC#N)CO2. The highest BCUT2D eigenvalue weighted by molar-refractivity contribution is 7.14. The van der Waals surface area contributed by atoms with Crippen molar-refractivity contribution in [1.82, 2.24) is 9.88 Å². The number of aromatic nitrogens is 1. The first kappa shape index (κ1) is 21.3. The Morgan fingerprint density at radius 2 is 2.27 bits per heavy atom. The molecular formula is C21H20N4O4S. The quantitative estimate of drug-likeness (QED) is 0.716. The summed E-state index contributed by atoms with van der Waals surface area (Å²) in [6, 6.07) is 7.28. The summed E-state index contributed by atoms with van der Waals surface area (Å²) in [5, 5.41) is 19.3. The number of amides is 2. The molecule has 3 rings (SSSR count). The van der Waals surface area contributed by atoms with Crippen LogP contribution in [0.4, 0.5) is 0 Å². The smallest absolute Gasteiger partial charge is 0.277 e. The number of rotatable bonds is 4. The van der Waals surface area contributed by atoms with Gasteiger partial charge in [-0.05, 0) is 25.1 Å². The number of benzene rings is 1. The van der Waals surface area contributed by atoms with Gasteiger partial charge in [-0.1, -0.05) is 11.8 Å². The van der Waals surface area contributed by atoms with Crippen LogP contribution in [0.25, 0.3) is 11.3 Å². The standard InChI is InChI=1S/C21H20N4O4S/c1-3-25(2)21(28)15(26)6-4-12-5-7-16-14(10-12)17-18(13(8-9-22)11-29-16)30-20(24-17)19(23)27/h5,7,10,13,15,26H,3,8,11H2,1-2H3,(H2,23,27). The molecule has 1 aliphatic heterocycles. The molecule has 2 atom stereocenters. The van der Waals surface area contributed by atoms with Gasteiger partial charge >= 0.3 is 0 Å². The van der Waals surface area contributed by atoms with Crippen LogP contribution in [-0.2, 0) is 4.79 Å². The Bertz CT molecular complexity index is 1090. The number of fused-ring (bicyclic) bond motifs is 3. The Balaban J connectivity index is 2.01. The summed E-state index contributed by atoms with van der Waals surface area (Å²) < 4.78 is 5.86. The van der Waals surface area contributed by atoms with Gasteiger partial charge < -0.3 is 20.5 Å². The van der Waals surface area contributed by atoms with E-state index in [1.54, 1.807) is 32.2 Å². The number of likely N-dealkylation sites (N-methyl/N-ethyl adjacent to an activating group) is 1. The second-order valence-electron chi connectivity index (χ2n) is 6.70. The molecule has 0 saturated carbocycles. The maximum atomic E-state index is 12.0. The first-order valence-corrected chi connectivity index (χ1v) is 10.1. The minimum Gasteiger partial charge on any atom is -0.492 e. The fraction of sp³-hybridized carbons (Fsp3) is 0.333. The van der Waals surface area contributed by atoms with E-state index in [0.29, 0.717) is 29.1 Å². The van der Waals surface area contributed by atoms with Crippen LogP contribution in [0.15, 0.2) is 18.2 Å². The number of ether oxygens (including phenoxy) is 1. The van der Waals surface area contributed by atoms with Gasteiger partial charge in [0.2, 0.25) is 0 Å². The molecule has 2 heterocycles.